The van der Waals surface area contributed by atoms with Crippen LogP contribution >= 0.6 is 11.6 Å². The van der Waals surface area contributed by atoms with Crippen molar-refractivity contribution in [3.8, 4) is 0 Å². The van der Waals surface area contributed by atoms with Gasteiger partial charge >= 0.3 is 0 Å². The average molecular weight is 274 g/mol. The van der Waals surface area contributed by atoms with Crippen molar-refractivity contribution in [3.05, 3.63) is 16.4 Å². The topological polar surface area (TPSA) is 39.1 Å². The summed E-state index contributed by atoms with van der Waals surface area (Å²) in [5.74, 6) is 0. The molecule has 18 heavy (non-hydrogen) atoms. The Hall–Kier alpha value is -0.580. The van der Waals surface area contributed by atoms with Crippen molar-refractivity contribution in [3.63, 3.8) is 0 Å². The molecule has 0 saturated carbocycles. The molecule has 1 atom stereocenters. The van der Waals surface area contributed by atoms with Crippen molar-refractivity contribution in [2.45, 2.75) is 45.8 Å². The molecule has 0 saturated heterocycles. The second kappa shape index (κ2) is 6.04. The van der Waals surface area contributed by atoms with E-state index in [4.69, 9.17) is 16.3 Å². The molecule has 4 nitrogen and oxygen atoms in total. The molecule has 0 fully saturated rings. The molecule has 1 rings (SSSR count). The predicted octanol–water partition coefficient (Wildman–Crippen LogP) is 2.33. The monoisotopic (exact) mass is 273 g/mol. The third kappa shape index (κ3) is 3.25. The van der Waals surface area contributed by atoms with Crippen molar-refractivity contribution in [1.82, 2.24) is 15.1 Å². The largest absolute Gasteiger partial charge is 0.374 e. The zero-order chi connectivity index (χ0) is 13.9. The number of rotatable bonds is 6. The van der Waals surface area contributed by atoms with E-state index in [1.165, 1.54) is 0 Å². The highest BCUT2D eigenvalue weighted by Crippen LogP contribution is 2.25. The second-order valence-electron chi connectivity index (χ2n) is 5.06. The molecule has 5 heteroatoms. The number of aryl methyl sites for hydroxylation is 2. The molecule has 1 N–H and O–H groups in total. The summed E-state index contributed by atoms with van der Waals surface area (Å²) in [4.78, 5) is 0. The summed E-state index contributed by atoms with van der Waals surface area (Å²) in [5.41, 5.74) is 1.83. The standard InChI is InChI=1S/C13H24ClN3O/c1-7-18-13(3,4)11(15-5)8-10-9(2)16-17(6)12(10)14/h11,15H,7-8H2,1-6H3. The Bertz CT molecular complexity index is 401. The van der Waals surface area contributed by atoms with Crippen molar-refractivity contribution < 1.29 is 4.74 Å². The van der Waals surface area contributed by atoms with Gasteiger partial charge in [-0.1, -0.05) is 11.6 Å². The number of hydrogen-bond donors (Lipinski definition) is 1. The summed E-state index contributed by atoms with van der Waals surface area (Å²) >= 11 is 6.27. The van der Waals surface area contributed by atoms with E-state index >= 15 is 0 Å². The van der Waals surface area contributed by atoms with Crippen LogP contribution < -0.4 is 5.32 Å². The zero-order valence-electron chi connectivity index (χ0n) is 12.2. The molecule has 1 heterocycles. The number of nitrogens with zero attached hydrogens (tertiary/aromatic N) is 2. The third-order valence-electron chi connectivity index (χ3n) is 3.38. The molecular weight excluding hydrogens is 250 g/mol. The van der Waals surface area contributed by atoms with E-state index in [1.54, 1.807) is 4.68 Å². The molecule has 0 aliphatic carbocycles. The fourth-order valence-corrected chi connectivity index (χ4v) is 2.53. The van der Waals surface area contributed by atoms with Crippen molar-refractivity contribution in [2.75, 3.05) is 13.7 Å². The minimum Gasteiger partial charge on any atom is -0.374 e. The van der Waals surface area contributed by atoms with Crippen LogP contribution in [0.1, 0.15) is 32.0 Å². The quantitative estimate of drug-likeness (QED) is 0.865. The van der Waals surface area contributed by atoms with Gasteiger partial charge in [0.25, 0.3) is 0 Å². The molecule has 104 valence electrons. The van der Waals surface area contributed by atoms with Crippen LogP contribution in [0.4, 0.5) is 0 Å². The molecule has 0 aromatic carbocycles. The molecule has 1 aromatic rings. The normalized spacial score (nSPS) is 13.9. The highest BCUT2D eigenvalue weighted by molar-refractivity contribution is 6.30. The van der Waals surface area contributed by atoms with Gasteiger partial charge in [0.15, 0.2) is 0 Å². The van der Waals surface area contributed by atoms with Gasteiger partial charge < -0.3 is 10.1 Å². The highest BCUT2D eigenvalue weighted by atomic mass is 35.5. The molecule has 0 spiro atoms. The molecule has 0 aliphatic heterocycles. The Morgan fingerprint density at radius 1 is 1.50 bits per heavy atom. The Morgan fingerprint density at radius 2 is 2.11 bits per heavy atom. The average Bonchev–Trinajstić information content (AvgIpc) is 2.50. The Labute approximate surface area is 115 Å². The van der Waals surface area contributed by atoms with Crippen LogP contribution in [0.5, 0.6) is 0 Å². The van der Waals surface area contributed by atoms with Gasteiger partial charge in [0, 0.05) is 25.3 Å². The van der Waals surface area contributed by atoms with Gasteiger partial charge in [0.2, 0.25) is 0 Å². The van der Waals surface area contributed by atoms with Crippen LogP contribution in [0.2, 0.25) is 5.15 Å². The summed E-state index contributed by atoms with van der Waals surface area (Å²) in [5, 5.41) is 8.37. The lowest BCUT2D eigenvalue weighted by Crippen LogP contribution is -2.48. The minimum absolute atomic E-state index is 0.192. The molecule has 0 aliphatic rings. The van der Waals surface area contributed by atoms with Gasteiger partial charge in [-0.3, -0.25) is 4.68 Å². The first kappa shape index (κ1) is 15.5. The van der Waals surface area contributed by atoms with Gasteiger partial charge in [0.05, 0.1) is 11.3 Å². The van der Waals surface area contributed by atoms with Crippen LogP contribution in [0.3, 0.4) is 0 Å². The van der Waals surface area contributed by atoms with E-state index in [2.05, 4.69) is 24.3 Å². The third-order valence-corrected chi connectivity index (χ3v) is 3.85. The summed E-state index contributed by atoms with van der Waals surface area (Å²) in [7, 11) is 3.81. The predicted molar refractivity (Wildman–Crippen MR) is 75.2 cm³/mol. The number of hydrogen-bond acceptors (Lipinski definition) is 3. The minimum atomic E-state index is -0.241. The van der Waals surface area contributed by atoms with Gasteiger partial charge in [0.1, 0.15) is 5.15 Å². The fraction of sp³-hybridized carbons (Fsp3) is 0.769. The van der Waals surface area contributed by atoms with Crippen LogP contribution in [-0.4, -0.2) is 35.1 Å². The maximum absolute atomic E-state index is 6.27. The summed E-state index contributed by atoms with van der Waals surface area (Å²) < 4.78 is 7.52. The maximum Gasteiger partial charge on any atom is 0.130 e. The van der Waals surface area contributed by atoms with Crippen molar-refractivity contribution in [2.24, 2.45) is 7.05 Å². The molecule has 0 bridgehead atoms. The number of nitrogens with one attached hydrogen (secondary N) is 1. The lowest BCUT2D eigenvalue weighted by atomic mass is 9.92. The van der Waals surface area contributed by atoms with Gasteiger partial charge in [-0.25, -0.2) is 0 Å². The van der Waals surface area contributed by atoms with Gasteiger partial charge in [-0.15, -0.1) is 0 Å². The van der Waals surface area contributed by atoms with Crippen molar-refractivity contribution in [1.29, 1.82) is 0 Å². The van der Waals surface area contributed by atoms with Gasteiger partial charge in [-0.2, -0.15) is 5.10 Å². The van der Waals surface area contributed by atoms with Crippen molar-refractivity contribution >= 4 is 11.6 Å². The number of halogens is 1. The molecule has 1 unspecified atom stereocenters. The first-order valence-electron chi connectivity index (χ1n) is 6.32. The van der Waals surface area contributed by atoms with E-state index in [-0.39, 0.29) is 11.6 Å². The Morgan fingerprint density at radius 3 is 2.50 bits per heavy atom. The Kier molecular flexibility index (Phi) is 5.20. The second-order valence-corrected chi connectivity index (χ2v) is 5.42. The van der Waals surface area contributed by atoms with E-state index < -0.39 is 0 Å². The van der Waals surface area contributed by atoms with Crippen LogP contribution in [0.25, 0.3) is 0 Å². The van der Waals surface area contributed by atoms with Crippen LogP contribution in [0.15, 0.2) is 0 Å². The molecule has 0 radical (unpaired) electrons. The lowest BCUT2D eigenvalue weighted by Gasteiger charge is -2.34. The first-order chi connectivity index (χ1) is 8.33. The van der Waals surface area contributed by atoms with E-state index in [0.717, 1.165) is 17.7 Å². The Balaban J connectivity index is 2.92. The van der Waals surface area contributed by atoms with E-state index in [0.29, 0.717) is 11.8 Å². The zero-order valence-corrected chi connectivity index (χ0v) is 12.9. The van der Waals surface area contributed by atoms with Gasteiger partial charge in [-0.05, 0) is 41.2 Å². The number of aromatic nitrogens is 2. The van der Waals surface area contributed by atoms with E-state index in [9.17, 15) is 0 Å². The number of ether oxygens (including phenoxy) is 1. The summed E-state index contributed by atoms with van der Waals surface area (Å²) in [6.07, 6.45) is 0.808. The van der Waals surface area contributed by atoms with Crippen LogP contribution in [-0.2, 0) is 18.2 Å². The SMILES string of the molecule is CCOC(C)(C)C(Cc1c(C)nn(C)c1Cl)NC. The first-order valence-corrected chi connectivity index (χ1v) is 6.70. The smallest absolute Gasteiger partial charge is 0.130 e. The van der Waals surface area contributed by atoms with Crippen LogP contribution in [0, 0.1) is 6.92 Å². The summed E-state index contributed by atoms with van der Waals surface area (Å²) in [6.45, 7) is 8.89. The number of likely N-dealkylation sites (N-methyl/N-ethyl adjacent to an activating group) is 1. The maximum atomic E-state index is 6.27. The highest BCUT2D eigenvalue weighted by Gasteiger charge is 2.30. The molecule has 0 amide bonds. The molecular formula is C13H24ClN3O. The summed E-state index contributed by atoms with van der Waals surface area (Å²) in [6, 6.07) is 0.192. The van der Waals surface area contributed by atoms with E-state index in [1.807, 2.05) is 27.9 Å². The lowest BCUT2D eigenvalue weighted by molar-refractivity contribution is -0.0363. The fourth-order valence-electron chi connectivity index (χ4n) is 2.28. The molecule has 1 aromatic heterocycles.